The van der Waals surface area contributed by atoms with Gasteiger partial charge in [0.2, 0.25) is 0 Å². The van der Waals surface area contributed by atoms with Crippen LogP contribution in [0.1, 0.15) is 18.5 Å². The molecule has 0 aliphatic rings. The van der Waals surface area contributed by atoms with Gasteiger partial charge in [-0.15, -0.1) is 0 Å². The van der Waals surface area contributed by atoms with E-state index in [1.807, 2.05) is 31.6 Å². The van der Waals surface area contributed by atoms with Crippen molar-refractivity contribution in [2.45, 2.75) is 13.0 Å². The highest BCUT2D eigenvalue weighted by Crippen LogP contribution is 2.20. The van der Waals surface area contributed by atoms with E-state index in [2.05, 4.69) is 22.7 Å². The Morgan fingerprint density at radius 1 is 1.32 bits per heavy atom. The summed E-state index contributed by atoms with van der Waals surface area (Å²) in [5.74, 6) is 0. The van der Waals surface area contributed by atoms with Crippen molar-refractivity contribution in [3.8, 4) is 0 Å². The van der Waals surface area contributed by atoms with Gasteiger partial charge in [0.05, 0.1) is 12.2 Å². The average molecular weight is 259 g/mol. The molecular formula is C13H17N5O. The third kappa shape index (κ3) is 3.48. The molecule has 0 bridgehead atoms. The number of aryl methyl sites for hydroxylation is 1. The number of carbonyl (C=O) groups excluding carboxylic acids is 1. The predicted molar refractivity (Wildman–Crippen MR) is 74.9 cm³/mol. The standard InChI is InChI=1S/C13H17N5O/c1-9(10-7-15-18(2)8-10)16-11-3-5-12(6-4-11)17-13(14)19/h3-9,16H,1-2H3,(H3,14,17,19). The molecule has 0 aliphatic carbocycles. The first-order valence-electron chi connectivity index (χ1n) is 5.96. The molecule has 0 fully saturated rings. The van der Waals surface area contributed by atoms with E-state index in [1.54, 1.807) is 16.8 Å². The van der Waals surface area contributed by atoms with Crippen molar-refractivity contribution >= 4 is 17.4 Å². The molecule has 2 rings (SSSR count). The van der Waals surface area contributed by atoms with Gasteiger partial charge in [-0.3, -0.25) is 4.68 Å². The highest BCUT2D eigenvalue weighted by atomic mass is 16.2. The van der Waals surface area contributed by atoms with Crippen LogP contribution < -0.4 is 16.4 Å². The first kappa shape index (κ1) is 12.9. The summed E-state index contributed by atoms with van der Waals surface area (Å²) in [5.41, 5.74) is 7.80. The molecule has 0 radical (unpaired) electrons. The molecule has 0 saturated heterocycles. The summed E-state index contributed by atoms with van der Waals surface area (Å²) in [6.45, 7) is 2.06. The van der Waals surface area contributed by atoms with Gasteiger partial charge >= 0.3 is 6.03 Å². The Bertz CT molecular complexity index is 561. The Balaban J connectivity index is 2.01. The molecule has 0 aliphatic heterocycles. The minimum atomic E-state index is -0.565. The van der Waals surface area contributed by atoms with E-state index in [0.29, 0.717) is 5.69 Å². The smallest absolute Gasteiger partial charge is 0.316 e. The fraction of sp³-hybridized carbons (Fsp3) is 0.231. The lowest BCUT2D eigenvalue weighted by Crippen LogP contribution is -2.19. The van der Waals surface area contributed by atoms with Gasteiger partial charge in [-0.1, -0.05) is 0 Å². The van der Waals surface area contributed by atoms with Crippen molar-refractivity contribution in [2.75, 3.05) is 10.6 Å². The summed E-state index contributed by atoms with van der Waals surface area (Å²) >= 11 is 0. The van der Waals surface area contributed by atoms with Crippen LogP contribution in [0.2, 0.25) is 0 Å². The topological polar surface area (TPSA) is 85.0 Å². The van der Waals surface area contributed by atoms with Gasteiger partial charge in [0.1, 0.15) is 0 Å². The Kier molecular flexibility index (Phi) is 3.70. The van der Waals surface area contributed by atoms with Crippen LogP contribution in [0, 0.1) is 0 Å². The van der Waals surface area contributed by atoms with Crippen LogP contribution in [-0.2, 0) is 7.05 Å². The Labute approximate surface area is 111 Å². The van der Waals surface area contributed by atoms with Crippen molar-refractivity contribution in [1.82, 2.24) is 9.78 Å². The Morgan fingerprint density at radius 2 is 1.95 bits per heavy atom. The van der Waals surface area contributed by atoms with Gasteiger partial charge in [0.25, 0.3) is 0 Å². The van der Waals surface area contributed by atoms with E-state index < -0.39 is 6.03 Å². The highest BCUT2D eigenvalue weighted by molar-refractivity contribution is 5.87. The molecule has 1 unspecified atom stereocenters. The quantitative estimate of drug-likeness (QED) is 0.785. The van der Waals surface area contributed by atoms with E-state index in [4.69, 9.17) is 5.73 Å². The first-order chi connectivity index (χ1) is 9.04. The highest BCUT2D eigenvalue weighted by Gasteiger charge is 2.07. The lowest BCUT2D eigenvalue weighted by Gasteiger charge is -2.14. The van der Waals surface area contributed by atoms with E-state index in [-0.39, 0.29) is 6.04 Å². The number of carbonyl (C=O) groups is 1. The van der Waals surface area contributed by atoms with E-state index in [9.17, 15) is 4.79 Å². The fourth-order valence-electron chi connectivity index (χ4n) is 1.79. The van der Waals surface area contributed by atoms with Gasteiger partial charge < -0.3 is 16.4 Å². The number of nitrogens with two attached hydrogens (primary N) is 1. The summed E-state index contributed by atoms with van der Waals surface area (Å²) in [6, 6.07) is 6.95. The normalized spacial score (nSPS) is 11.9. The number of urea groups is 1. The minimum Gasteiger partial charge on any atom is -0.378 e. The molecule has 6 heteroatoms. The van der Waals surface area contributed by atoms with Crippen LogP contribution in [0.5, 0.6) is 0 Å². The molecule has 1 aromatic heterocycles. The SMILES string of the molecule is CC(Nc1ccc(NC(N)=O)cc1)c1cnn(C)c1. The van der Waals surface area contributed by atoms with Crippen LogP contribution >= 0.6 is 0 Å². The van der Waals surface area contributed by atoms with Crippen molar-refractivity contribution in [1.29, 1.82) is 0 Å². The molecule has 2 amide bonds. The number of primary amides is 1. The summed E-state index contributed by atoms with van der Waals surface area (Å²) in [4.78, 5) is 10.7. The zero-order valence-corrected chi connectivity index (χ0v) is 10.9. The molecule has 0 saturated carbocycles. The van der Waals surface area contributed by atoms with E-state index in [1.165, 1.54) is 0 Å². The van der Waals surface area contributed by atoms with Gasteiger partial charge in [0.15, 0.2) is 0 Å². The van der Waals surface area contributed by atoms with Crippen LogP contribution in [0.3, 0.4) is 0 Å². The molecule has 1 aromatic carbocycles. The fourth-order valence-corrected chi connectivity index (χ4v) is 1.79. The third-order valence-electron chi connectivity index (χ3n) is 2.76. The van der Waals surface area contributed by atoms with E-state index in [0.717, 1.165) is 11.3 Å². The van der Waals surface area contributed by atoms with Crippen molar-refractivity contribution < 1.29 is 4.79 Å². The maximum absolute atomic E-state index is 10.7. The van der Waals surface area contributed by atoms with Gasteiger partial charge in [-0.05, 0) is 31.2 Å². The lowest BCUT2D eigenvalue weighted by atomic mass is 10.2. The molecule has 0 spiro atoms. The molecule has 4 N–H and O–H groups in total. The molecular weight excluding hydrogens is 242 g/mol. The zero-order chi connectivity index (χ0) is 13.8. The maximum Gasteiger partial charge on any atom is 0.316 e. The molecule has 100 valence electrons. The second-order valence-electron chi connectivity index (χ2n) is 4.38. The van der Waals surface area contributed by atoms with Gasteiger partial charge in [-0.2, -0.15) is 5.10 Å². The van der Waals surface area contributed by atoms with Gasteiger partial charge in [0, 0.05) is 30.2 Å². The molecule has 1 heterocycles. The molecule has 2 aromatic rings. The number of hydrogen-bond acceptors (Lipinski definition) is 3. The summed E-state index contributed by atoms with van der Waals surface area (Å²) in [5, 5.41) is 10.0. The Hall–Kier alpha value is -2.50. The van der Waals surface area contributed by atoms with Crippen LogP contribution in [-0.4, -0.2) is 15.8 Å². The number of hydrogen-bond donors (Lipinski definition) is 3. The number of nitrogens with zero attached hydrogens (tertiary/aromatic N) is 2. The second-order valence-corrected chi connectivity index (χ2v) is 4.38. The molecule has 6 nitrogen and oxygen atoms in total. The lowest BCUT2D eigenvalue weighted by molar-refractivity contribution is 0.259. The number of rotatable bonds is 4. The van der Waals surface area contributed by atoms with Crippen molar-refractivity contribution in [2.24, 2.45) is 12.8 Å². The first-order valence-corrected chi connectivity index (χ1v) is 5.96. The second kappa shape index (κ2) is 5.43. The summed E-state index contributed by atoms with van der Waals surface area (Å²) < 4.78 is 1.77. The number of aromatic nitrogens is 2. The van der Waals surface area contributed by atoms with Crippen molar-refractivity contribution in [3.05, 3.63) is 42.2 Å². The van der Waals surface area contributed by atoms with Crippen molar-refractivity contribution in [3.63, 3.8) is 0 Å². The predicted octanol–water partition coefficient (Wildman–Crippen LogP) is 2.08. The Morgan fingerprint density at radius 3 is 2.47 bits per heavy atom. The van der Waals surface area contributed by atoms with E-state index >= 15 is 0 Å². The number of nitrogens with one attached hydrogen (secondary N) is 2. The third-order valence-corrected chi connectivity index (χ3v) is 2.76. The number of anilines is 2. The molecule has 1 atom stereocenters. The van der Waals surface area contributed by atoms with Crippen LogP contribution in [0.15, 0.2) is 36.7 Å². The number of amides is 2. The zero-order valence-electron chi connectivity index (χ0n) is 10.9. The largest absolute Gasteiger partial charge is 0.378 e. The maximum atomic E-state index is 10.7. The molecule has 19 heavy (non-hydrogen) atoms. The average Bonchev–Trinajstić information content (AvgIpc) is 2.78. The minimum absolute atomic E-state index is 0.156. The number of benzene rings is 1. The van der Waals surface area contributed by atoms with Gasteiger partial charge in [-0.25, -0.2) is 4.79 Å². The summed E-state index contributed by atoms with van der Waals surface area (Å²) in [6.07, 6.45) is 3.81. The summed E-state index contributed by atoms with van der Waals surface area (Å²) in [7, 11) is 1.89. The van der Waals surface area contributed by atoms with Crippen LogP contribution in [0.25, 0.3) is 0 Å². The monoisotopic (exact) mass is 259 g/mol. The van der Waals surface area contributed by atoms with Crippen LogP contribution in [0.4, 0.5) is 16.2 Å².